The molecule has 0 radical (unpaired) electrons. The Morgan fingerprint density at radius 1 is 1.19 bits per heavy atom. The van der Waals surface area contributed by atoms with Crippen molar-refractivity contribution in [2.24, 2.45) is 5.92 Å². The van der Waals surface area contributed by atoms with Crippen molar-refractivity contribution in [1.29, 1.82) is 0 Å². The summed E-state index contributed by atoms with van der Waals surface area (Å²) in [7, 11) is 0. The Bertz CT molecular complexity index is 622. The largest absolute Gasteiger partial charge is 0.480 e. The fourth-order valence-corrected chi connectivity index (χ4v) is 5.97. The van der Waals surface area contributed by atoms with Crippen LogP contribution in [0.3, 0.4) is 0 Å². The number of amides is 2. The van der Waals surface area contributed by atoms with Gasteiger partial charge in [0.1, 0.15) is 11.6 Å². The lowest BCUT2D eigenvalue weighted by molar-refractivity contribution is -0.143. The van der Waals surface area contributed by atoms with Crippen LogP contribution in [0.15, 0.2) is 9.81 Å². The molecule has 1 unspecified atom stereocenters. The molecule has 1 heterocycles. The van der Waals surface area contributed by atoms with Crippen LogP contribution in [0.2, 0.25) is 0 Å². The minimum atomic E-state index is -1.10. The number of aliphatic carboxylic acids is 1. The second-order valence-corrected chi connectivity index (χ2v) is 10.3. The van der Waals surface area contributed by atoms with Crippen LogP contribution in [0, 0.1) is 5.92 Å². The highest BCUT2D eigenvalue weighted by atomic mass is 32.2. The molecule has 2 fully saturated rings. The van der Waals surface area contributed by atoms with Crippen LogP contribution in [-0.2, 0) is 14.3 Å². The molecule has 0 aromatic carbocycles. The molecule has 0 bridgehead atoms. The second kappa shape index (κ2) is 9.23. The van der Waals surface area contributed by atoms with E-state index in [4.69, 9.17) is 4.74 Å². The number of alkyl carbamates (subject to hydrolysis) is 1. The van der Waals surface area contributed by atoms with Crippen molar-refractivity contribution in [2.45, 2.75) is 64.6 Å². The van der Waals surface area contributed by atoms with Gasteiger partial charge in [0, 0.05) is 23.1 Å². The van der Waals surface area contributed by atoms with Gasteiger partial charge in [-0.2, -0.15) is 0 Å². The number of ether oxygens (including phenoxy) is 1. The summed E-state index contributed by atoms with van der Waals surface area (Å²) < 4.78 is 6.57. The summed E-state index contributed by atoms with van der Waals surface area (Å²) in [4.78, 5) is 35.6. The number of carboxylic acids is 1. The first-order valence-corrected chi connectivity index (χ1v) is 11.0. The normalized spacial score (nSPS) is 24.3. The van der Waals surface area contributed by atoms with E-state index in [9.17, 15) is 19.5 Å². The highest BCUT2D eigenvalue weighted by Gasteiger charge is 2.42. The second-order valence-electron chi connectivity index (χ2n) is 7.78. The average molecular weight is 417 g/mol. The maximum Gasteiger partial charge on any atom is 0.407 e. The van der Waals surface area contributed by atoms with E-state index in [0.29, 0.717) is 12.8 Å². The van der Waals surface area contributed by atoms with E-state index in [1.54, 1.807) is 44.3 Å². The Kier molecular flexibility index (Phi) is 7.50. The van der Waals surface area contributed by atoms with Crippen LogP contribution in [0.5, 0.6) is 0 Å². The van der Waals surface area contributed by atoms with Gasteiger partial charge in [0.25, 0.3) is 0 Å². The molecule has 9 heteroatoms. The summed E-state index contributed by atoms with van der Waals surface area (Å²) in [5.41, 5.74) is 0.519. The fraction of sp³-hybridized carbons (Fsp3) is 0.722. The zero-order valence-electron chi connectivity index (χ0n) is 16.2. The number of hydrogen-bond donors (Lipinski definition) is 3. The number of nitrogens with one attached hydrogen (secondary N) is 2. The van der Waals surface area contributed by atoms with Crippen LogP contribution in [-0.4, -0.2) is 52.3 Å². The van der Waals surface area contributed by atoms with Crippen LogP contribution in [0.1, 0.15) is 47.0 Å². The van der Waals surface area contributed by atoms with Gasteiger partial charge in [0.15, 0.2) is 0 Å². The number of hydrogen-bond acceptors (Lipinski definition) is 6. The van der Waals surface area contributed by atoms with E-state index < -0.39 is 41.6 Å². The molecule has 0 spiro atoms. The van der Waals surface area contributed by atoms with E-state index in [-0.39, 0.29) is 0 Å². The molecule has 1 aliphatic heterocycles. The fourth-order valence-electron chi connectivity index (χ4n) is 3.27. The number of thioether (sulfide) groups is 2. The Morgan fingerprint density at radius 3 is 2.33 bits per heavy atom. The first kappa shape index (κ1) is 21.9. The van der Waals surface area contributed by atoms with Crippen LogP contribution < -0.4 is 10.6 Å². The van der Waals surface area contributed by atoms with E-state index in [1.807, 2.05) is 0 Å². The lowest BCUT2D eigenvalue weighted by Gasteiger charge is -2.28. The molecule has 2 rings (SSSR count). The smallest absolute Gasteiger partial charge is 0.407 e. The summed E-state index contributed by atoms with van der Waals surface area (Å²) >= 11 is 3.58. The van der Waals surface area contributed by atoms with E-state index in [2.05, 4.69) is 10.6 Å². The molecular formula is C18H28N2O5S2. The molecule has 1 saturated carbocycles. The van der Waals surface area contributed by atoms with Gasteiger partial charge in [0.2, 0.25) is 5.91 Å². The molecule has 27 heavy (non-hydrogen) atoms. The van der Waals surface area contributed by atoms with Crippen LogP contribution in [0.25, 0.3) is 0 Å². The summed E-state index contributed by atoms with van der Waals surface area (Å²) in [6, 6.07) is -1.46. The van der Waals surface area contributed by atoms with Gasteiger partial charge in [-0.1, -0.05) is 0 Å². The maximum atomic E-state index is 12.3. The van der Waals surface area contributed by atoms with Crippen molar-refractivity contribution >= 4 is 41.5 Å². The van der Waals surface area contributed by atoms with Gasteiger partial charge in [-0.3, -0.25) is 4.79 Å². The Morgan fingerprint density at radius 2 is 1.81 bits per heavy atom. The Balaban J connectivity index is 2.23. The SMILES string of the molecule is CC(=O)NC(C(=O)O)[C@H]1CC(=C2SCCCS2)C[C@H]1NC(=O)OC(C)(C)C. The molecule has 3 N–H and O–H groups in total. The van der Waals surface area contributed by atoms with Crippen LogP contribution in [0.4, 0.5) is 4.79 Å². The monoisotopic (exact) mass is 416 g/mol. The minimum Gasteiger partial charge on any atom is -0.480 e. The van der Waals surface area contributed by atoms with E-state index >= 15 is 0 Å². The third-order valence-corrected chi connectivity index (χ3v) is 7.06. The molecule has 7 nitrogen and oxygen atoms in total. The quantitative estimate of drug-likeness (QED) is 0.647. The lowest BCUT2D eigenvalue weighted by Crippen LogP contribution is -2.52. The Labute approximate surface area is 168 Å². The minimum absolute atomic E-state index is 0.402. The van der Waals surface area contributed by atoms with Crippen molar-refractivity contribution in [1.82, 2.24) is 10.6 Å². The summed E-state index contributed by atoms with van der Waals surface area (Å²) in [5.74, 6) is 0.176. The van der Waals surface area contributed by atoms with Crippen LogP contribution >= 0.6 is 23.5 Å². The number of carboxylic acid groups (broad SMARTS) is 1. The zero-order chi connectivity index (χ0) is 20.2. The van der Waals surface area contributed by atoms with E-state index in [1.165, 1.54) is 11.2 Å². The van der Waals surface area contributed by atoms with Gasteiger partial charge >= 0.3 is 12.1 Å². The predicted octanol–water partition coefficient (Wildman–Crippen LogP) is 2.96. The Hall–Kier alpha value is -1.35. The molecule has 1 saturated heterocycles. The number of carbonyl (C=O) groups excluding carboxylic acids is 2. The average Bonchev–Trinajstić information content (AvgIpc) is 2.94. The molecule has 2 amide bonds. The standard InChI is InChI=1S/C18H28N2O5S2/c1-10(21)19-14(15(22)23)12-8-11(16-26-6-5-7-27-16)9-13(12)20-17(24)25-18(2,3)4/h12-14H,5-9H2,1-4H3,(H,19,21)(H,20,24)(H,22,23)/t12-,13+,14?/m0/s1. The first-order chi connectivity index (χ1) is 12.6. The summed E-state index contributed by atoms with van der Waals surface area (Å²) in [6.45, 7) is 6.63. The van der Waals surface area contributed by atoms with Crippen molar-refractivity contribution in [2.75, 3.05) is 11.5 Å². The predicted molar refractivity (Wildman–Crippen MR) is 108 cm³/mol. The van der Waals surface area contributed by atoms with Crippen molar-refractivity contribution in [3.63, 3.8) is 0 Å². The third kappa shape index (κ3) is 6.64. The van der Waals surface area contributed by atoms with E-state index in [0.717, 1.165) is 23.5 Å². The van der Waals surface area contributed by atoms with Gasteiger partial charge in [-0.25, -0.2) is 9.59 Å². The topological polar surface area (TPSA) is 105 Å². The van der Waals surface area contributed by atoms with Gasteiger partial charge in [-0.15, -0.1) is 23.5 Å². The molecule has 2 aliphatic rings. The molecule has 152 valence electrons. The number of carbonyl (C=O) groups is 3. The molecule has 3 atom stereocenters. The van der Waals surface area contributed by atoms with Crippen molar-refractivity contribution < 1.29 is 24.2 Å². The summed E-state index contributed by atoms with van der Waals surface area (Å²) in [6.07, 6.45) is 1.69. The third-order valence-electron chi connectivity index (χ3n) is 4.26. The van der Waals surface area contributed by atoms with Crippen molar-refractivity contribution in [3.8, 4) is 0 Å². The molecule has 0 aromatic rings. The van der Waals surface area contributed by atoms with Gasteiger partial charge in [0.05, 0.1) is 0 Å². The highest BCUT2D eigenvalue weighted by molar-refractivity contribution is 8.22. The lowest BCUT2D eigenvalue weighted by atomic mass is 9.94. The van der Waals surface area contributed by atoms with Gasteiger partial charge in [-0.05, 0) is 57.1 Å². The van der Waals surface area contributed by atoms with Crippen molar-refractivity contribution in [3.05, 3.63) is 9.81 Å². The maximum absolute atomic E-state index is 12.3. The molecule has 1 aliphatic carbocycles. The summed E-state index contributed by atoms with van der Waals surface area (Å²) in [5, 5.41) is 15.0. The molecular weight excluding hydrogens is 388 g/mol. The zero-order valence-corrected chi connectivity index (χ0v) is 17.8. The highest BCUT2D eigenvalue weighted by Crippen LogP contribution is 2.44. The number of rotatable bonds is 4. The molecule has 0 aromatic heterocycles. The van der Waals surface area contributed by atoms with Gasteiger partial charge < -0.3 is 20.5 Å². The first-order valence-electron chi connectivity index (χ1n) is 9.04.